The van der Waals surface area contributed by atoms with Gasteiger partial charge in [0.05, 0.1) is 5.41 Å². The molecule has 6 nitrogen and oxygen atoms in total. The van der Waals surface area contributed by atoms with E-state index < -0.39 is 5.97 Å². The Morgan fingerprint density at radius 1 is 1.38 bits per heavy atom. The number of carboxylic acids is 1. The molecule has 0 aromatic heterocycles. The fraction of sp³-hybridized carbons (Fsp3) is 0.467. The van der Waals surface area contributed by atoms with E-state index in [1.807, 2.05) is 6.92 Å². The van der Waals surface area contributed by atoms with Crippen molar-refractivity contribution in [1.82, 2.24) is 5.32 Å². The monoisotopic (exact) mass is 292 g/mol. The van der Waals surface area contributed by atoms with Gasteiger partial charge in [-0.15, -0.1) is 0 Å². The molecule has 0 radical (unpaired) electrons. The zero-order valence-corrected chi connectivity index (χ0v) is 12.0. The third-order valence-electron chi connectivity index (χ3n) is 3.88. The summed E-state index contributed by atoms with van der Waals surface area (Å²) in [6, 6.07) is 6.70. The topological polar surface area (TPSA) is 87.7 Å². The van der Waals surface area contributed by atoms with Crippen molar-refractivity contribution in [1.29, 1.82) is 0 Å². The van der Waals surface area contributed by atoms with Crippen LogP contribution in [0.2, 0.25) is 0 Å². The first-order valence-corrected chi connectivity index (χ1v) is 7.02. The number of ether oxygens (including phenoxy) is 1. The van der Waals surface area contributed by atoms with Crippen LogP contribution in [0.4, 0.5) is 5.69 Å². The predicted octanol–water partition coefficient (Wildman–Crippen LogP) is 1.48. The standard InChI is InChI=1S/C15H20N2O4/c1-2-15(7-8-16-10-15)14(20)17-11-3-5-12(6-4-11)21-9-13(18)19/h3-6,16H,2,7-10H2,1H3,(H,17,20)(H,18,19). The number of carboxylic acid groups (broad SMARTS) is 1. The maximum Gasteiger partial charge on any atom is 0.341 e. The fourth-order valence-corrected chi connectivity index (χ4v) is 2.44. The van der Waals surface area contributed by atoms with Crippen molar-refractivity contribution in [3.8, 4) is 5.75 Å². The highest BCUT2D eigenvalue weighted by Gasteiger charge is 2.39. The molecule has 1 aliphatic heterocycles. The number of amides is 1. The SMILES string of the molecule is CCC1(C(=O)Nc2ccc(OCC(=O)O)cc2)CCNC1. The Kier molecular flexibility index (Phi) is 4.80. The van der Waals surface area contributed by atoms with Gasteiger partial charge in [0.15, 0.2) is 6.61 Å². The number of benzene rings is 1. The average Bonchev–Trinajstić information content (AvgIpc) is 2.96. The number of aliphatic carboxylic acids is 1. The lowest BCUT2D eigenvalue weighted by atomic mass is 9.83. The molecule has 0 bridgehead atoms. The summed E-state index contributed by atoms with van der Waals surface area (Å²) in [5.41, 5.74) is 0.348. The lowest BCUT2D eigenvalue weighted by Crippen LogP contribution is -2.37. The second-order valence-corrected chi connectivity index (χ2v) is 5.22. The number of carbonyl (C=O) groups excluding carboxylic acids is 1. The summed E-state index contributed by atoms with van der Waals surface area (Å²) in [6.45, 7) is 3.21. The minimum Gasteiger partial charge on any atom is -0.482 e. The van der Waals surface area contributed by atoms with E-state index in [9.17, 15) is 9.59 Å². The van der Waals surface area contributed by atoms with Gasteiger partial charge in [-0.3, -0.25) is 4.79 Å². The van der Waals surface area contributed by atoms with Gasteiger partial charge in [0.25, 0.3) is 0 Å². The van der Waals surface area contributed by atoms with Gasteiger partial charge in [0, 0.05) is 12.2 Å². The summed E-state index contributed by atoms with van der Waals surface area (Å²) in [5, 5.41) is 14.7. The van der Waals surface area contributed by atoms with Crippen molar-refractivity contribution in [2.75, 3.05) is 25.0 Å². The predicted molar refractivity (Wildman–Crippen MR) is 78.4 cm³/mol. The van der Waals surface area contributed by atoms with Crippen LogP contribution >= 0.6 is 0 Å². The van der Waals surface area contributed by atoms with Crippen LogP contribution in [0, 0.1) is 5.41 Å². The first-order valence-electron chi connectivity index (χ1n) is 7.02. The molecule has 1 amide bonds. The molecule has 0 spiro atoms. The zero-order chi connectivity index (χ0) is 15.3. The van der Waals surface area contributed by atoms with Gasteiger partial charge in [-0.2, -0.15) is 0 Å². The summed E-state index contributed by atoms with van der Waals surface area (Å²) < 4.78 is 5.05. The van der Waals surface area contributed by atoms with Crippen LogP contribution < -0.4 is 15.4 Å². The number of anilines is 1. The molecule has 1 heterocycles. The number of hydrogen-bond acceptors (Lipinski definition) is 4. The van der Waals surface area contributed by atoms with E-state index in [-0.39, 0.29) is 17.9 Å². The summed E-state index contributed by atoms with van der Waals surface area (Å²) in [6.07, 6.45) is 1.64. The maximum atomic E-state index is 12.4. The molecule has 1 unspecified atom stereocenters. The van der Waals surface area contributed by atoms with Crippen molar-refractivity contribution >= 4 is 17.6 Å². The smallest absolute Gasteiger partial charge is 0.341 e. The van der Waals surface area contributed by atoms with Gasteiger partial charge in [-0.25, -0.2) is 4.79 Å². The second-order valence-electron chi connectivity index (χ2n) is 5.22. The number of rotatable bonds is 6. The Hall–Kier alpha value is -2.08. The number of nitrogens with one attached hydrogen (secondary N) is 2. The highest BCUT2D eigenvalue weighted by Crippen LogP contribution is 2.31. The molecule has 2 rings (SSSR count). The van der Waals surface area contributed by atoms with Crippen LogP contribution in [0.15, 0.2) is 24.3 Å². The summed E-state index contributed by atoms with van der Waals surface area (Å²) >= 11 is 0. The fourth-order valence-electron chi connectivity index (χ4n) is 2.44. The Labute approximate surface area is 123 Å². The second kappa shape index (κ2) is 6.58. The molecule has 0 aliphatic carbocycles. The first kappa shape index (κ1) is 15.3. The molecule has 6 heteroatoms. The van der Waals surface area contributed by atoms with E-state index in [1.165, 1.54) is 0 Å². The quantitative estimate of drug-likeness (QED) is 0.739. The Balaban J connectivity index is 1.96. The van der Waals surface area contributed by atoms with Crippen molar-refractivity contribution < 1.29 is 19.4 Å². The van der Waals surface area contributed by atoms with Crippen LogP contribution in [-0.2, 0) is 9.59 Å². The van der Waals surface area contributed by atoms with Gasteiger partial charge in [-0.1, -0.05) is 6.92 Å². The van der Waals surface area contributed by atoms with E-state index >= 15 is 0 Å². The van der Waals surface area contributed by atoms with Gasteiger partial charge in [-0.05, 0) is 43.7 Å². The summed E-state index contributed by atoms with van der Waals surface area (Å²) in [4.78, 5) is 22.8. The molecule has 1 aromatic carbocycles. The Morgan fingerprint density at radius 3 is 2.62 bits per heavy atom. The Bertz CT molecular complexity index is 507. The third-order valence-corrected chi connectivity index (χ3v) is 3.88. The first-order chi connectivity index (χ1) is 10.1. The van der Waals surface area contributed by atoms with Crippen molar-refractivity contribution in [3.05, 3.63) is 24.3 Å². The van der Waals surface area contributed by atoms with E-state index in [2.05, 4.69) is 10.6 Å². The van der Waals surface area contributed by atoms with E-state index in [0.29, 0.717) is 18.0 Å². The van der Waals surface area contributed by atoms with Gasteiger partial charge in [0.1, 0.15) is 5.75 Å². The molecule has 0 saturated carbocycles. The summed E-state index contributed by atoms with van der Waals surface area (Å²) in [7, 11) is 0. The summed E-state index contributed by atoms with van der Waals surface area (Å²) in [5.74, 6) is -0.539. The highest BCUT2D eigenvalue weighted by atomic mass is 16.5. The number of carbonyl (C=O) groups is 2. The van der Waals surface area contributed by atoms with Crippen molar-refractivity contribution in [2.45, 2.75) is 19.8 Å². The highest BCUT2D eigenvalue weighted by molar-refractivity contribution is 5.95. The van der Waals surface area contributed by atoms with E-state index in [1.54, 1.807) is 24.3 Å². The minimum atomic E-state index is -1.02. The maximum absolute atomic E-state index is 12.4. The molecule has 21 heavy (non-hydrogen) atoms. The largest absolute Gasteiger partial charge is 0.482 e. The van der Waals surface area contributed by atoms with Gasteiger partial charge < -0.3 is 20.5 Å². The minimum absolute atomic E-state index is 0.0224. The Morgan fingerprint density at radius 2 is 2.10 bits per heavy atom. The molecule has 3 N–H and O–H groups in total. The molecule has 1 atom stereocenters. The van der Waals surface area contributed by atoms with Crippen molar-refractivity contribution in [3.63, 3.8) is 0 Å². The van der Waals surface area contributed by atoms with Gasteiger partial charge >= 0.3 is 5.97 Å². The van der Waals surface area contributed by atoms with Gasteiger partial charge in [0.2, 0.25) is 5.91 Å². The van der Waals surface area contributed by atoms with Crippen LogP contribution in [0.1, 0.15) is 19.8 Å². The lowest BCUT2D eigenvalue weighted by molar-refractivity contribution is -0.139. The molecule has 1 saturated heterocycles. The molecule has 114 valence electrons. The van der Waals surface area contributed by atoms with Crippen LogP contribution in [0.3, 0.4) is 0 Å². The number of hydrogen-bond donors (Lipinski definition) is 3. The van der Waals surface area contributed by atoms with E-state index in [0.717, 1.165) is 19.4 Å². The van der Waals surface area contributed by atoms with Crippen LogP contribution in [0.5, 0.6) is 5.75 Å². The van der Waals surface area contributed by atoms with Crippen molar-refractivity contribution in [2.24, 2.45) is 5.41 Å². The average molecular weight is 292 g/mol. The third kappa shape index (κ3) is 3.72. The normalized spacial score (nSPS) is 21.0. The molecule has 1 aliphatic rings. The van der Waals surface area contributed by atoms with Crippen LogP contribution in [-0.4, -0.2) is 36.7 Å². The molecular weight excluding hydrogens is 272 g/mol. The lowest BCUT2D eigenvalue weighted by Gasteiger charge is -2.25. The van der Waals surface area contributed by atoms with E-state index in [4.69, 9.17) is 9.84 Å². The molecule has 1 fully saturated rings. The molecule has 1 aromatic rings. The van der Waals surface area contributed by atoms with Crippen LogP contribution in [0.25, 0.3) is 0 Å². The zero-order valence-electron chi connectivity index (χ0n) is 12.0. The molecular formula is C15H20N2O4.